The Labute approximate surface area is 164 Å². The molecule has 1 rings (SSSR count). The van der Waals surface area contributed by atoms with Gasteiger partial charge in [-0.1, -0.05) is 101 Å². The lowest BCUT2D eigenvalue weighted by Gasteiger charge is -2.53. The zero-order chi connectivity index (χ0) is 19.8. The third-order valence-corrected chi connectivity index (χ3v) is 13.4. The summed E-state index contributed by atoms with van der Waals surface area (Å²) in [5.74, 6) is 6.14. The summed E-state index contributed by atoms with van der Waals surface area (Å²) in [7, 11) is -1.74. The molecule has 0 saturated carbocycles. The molecule has 0 N–H and O–H groups in total. The molecule has 1 aromatic rings. The van der Waals surface area contributed by atoms with Gasteiger partial charge < -0.3 is 0 Å². The summed E-state index contributed by atoms with van der Waals surface area (Å²) >= 11 is 0. The maximum Gasteiger partial charge on any atom is 0.0972 e. The Kier molecular flexibility index (Phi) is 8.42. The van der Waals surface area contributed by atoms with Gasteiger partial charge in [0.25, 0.3) is 0 Å². The van der Waals surface area contributed by atoms with Crippen molar-refractivity contribution in [3.05, 3.63) is 42.0 Å². The minimum Gasteiger partial charge on any atom is -0.107 e. The Morgan fingerprint density at radius 3 is 2.08 bits per heavy atom. The minimum atomic E-state index is -1.74. The van der Waals surface area contributed by atoms with Crippen molar-refractivity contribution in [2.75, 3.05) is 0 Å². The van der Waals surface area contributed by atoms with Gasteiger partial charge in [0.1, 0.15) is 0 Å². The summed E-state index contributed by atoms with van der Waals surface area (Å²) in [4.78, 5) is 0. The van der Waals surface area contributed by atoms with E-state index in [1.807, 2.05) is 6.92 Å². The topological polar surface area (TPSA) is 0 Å². The fourth-order valence-corrected chi connectivity index (χ4v) is 12.1. The lowest BCUT2D eigenvalue weighted by Crippen LogP contribution is -2.61. The second kappa shape index (κ2) is 9.61. The zero-order valence-electron chi connectivity index (χ0n) is 18.5. The van der Waals surface area contributed by atoms with Gasteiger partial charge in [-0.3, -0.25) is 0 Å². The molecule has 0 atom stereocenters. The van der Waals surface area contributed by atoms with Gasteiger partial charge >= 0.3 is 0 Å². The molecule has 0 heterocycles. The van der Waals surface area contributed by atoms with Crippen LogP contribution < -0.4 is 5.19 Å². The monoisotopic (exact) mass is 368 g/mol. The predicted molar refractivity (Wildman–Crippen MR) is 122 cm³/mol. The third-order valence-electron chi connectivity index (χ3n) is 5.89. The molecule has 0 nitrogen and oxygen atoms in total. The number of hydrogen-bond donors (Lipinski definition) is 0. The average Bonchev–Trinajstić information content (AvgIpc) is 2.54. The predicted octanol–water partition coefficient (Wildman–Crippen LogP) is 7.47. The van der Waals surface area contributed by atoms with Gasteiger partial charge in [0, 0.05) is 6.42 Å². The van der Waals surface area contributed by atoms with Crippen molar-refractivity contribution in [3.63, 3.8) is 0 Å². The van der Waals surface area contributed by atoms with Gasteiger partial charge in [0.15, 0.2) is 0 Å². The minimum absolute atomic E-state index is 0.334. The van der Waals surface area contributed by atoms with Crippen LogP contribution in [0.4, 0.5) is 0 Å². The van der Waals surface area contributed by atoms with Crippen LogP contribution in [0.3, 0.4) is 0 Å². The van der Waals surface area contributed by atoms with Gasteiger partial charge in [0.05, 0.1) is 8.07 Å². The smallest absolute Gasteiger partial charge is 0.0972 e. The average molecular weight is 369 g/mol. The Balaban J connectivity index is 3.02. The molecule has 1 aromatic carbocycles. The molecular weight excluding hydrogens is 328 g/mol. The first-order chi connectivity index (χ1) is 12.1. The van der Waals surface area contributed by atoms with Crippen molar-refractivity contribution in [3.8, 4) is 11.8 Å². The first-order valence-corrected chi connectivity index (χ1v) is 12.4. The van der Waals surface area contributed by atoms with E-state index in [0.717, 1.165) is 12.8 Å². The largest absolute Gasteiger partial charge is 0.107 e. The quantitative estimate of drug-likeness (QED) is 0.202. The number of hydrogen-bond acceptors (Lipinski definition) is 0. The Morgan fingerprint density at radius 2 is 1.58 bits per heavy atom. The van der Waals surface area contributed by atoms with Gasteiger partial charge in [0.2, 0.25) is 0 Å². The van der Waals surface area contributed by atoms with E-state index in [0.29, 0.717) is 10.1 Å². The lowest BCUT2D eigenvalue weighted by atomic mass is 10.1. The highest BCUT2D eigenvalue weighted by Crippen LogP contribution is 2.53. The molecule has 26 heavy (non-hydrogen) atoms. The fourth-order valence-electron chi connectivity index (χ4n) is 4.86. The number of benzene rings is 1. The number of rotatable bonds is 7. The fraction of sp³-hybridized carbons (Fsp3) is 0.600. The Bertz CT molecular complexity index is 613. The molecule has 0 spiro atoms. The van der Waals surface area contributed by atoms with Crippen LogP contribution in [-0.2, 0) is 0 Å². The van der Waals surface area contributed by atoms with Crippen LogP contribution in [0.5, 0.6) is 0 Å². The highest BCUT2D eigenvalue weighted by molar-refractivity contribution is 6.96. The van der Waals surface area contributed by atoms with Crippen LogP contribution >= 0.6 is 0 Å². The Morgan fingerprint density at radius 1 is 1.00 bits per heavy atom. The lowest BCUT2D eigenvalue weighted by molar-refractivity contribution is 0.610. The van der Waals surface area contributed by atoms with Crippen LogP contribution in [0.25, 0.3) is 0 Å². The maximum absolute atomic E-state index is 3.16. The highest BCUT2D eigenvalue weighted by Gasteiger charge is 2.53. The molecule has 0 aromatic heterocycles. The third kappa shape index (κ3) is 5.62. The van der Waals surface area contributed by atoms with Crippen LogP contribution in [0.2, 0.25) is 16.1 Å². The molecule has 0 unspecified atom stereocenters. The molecule has 1 heteroatoms. The van der Waals surface area contributed by atoms with Crippen molar-refractivity contribution >= 4 is 13.3 Å². The maximum atomic E-state index is 3.16. The van der Waals surface area contributed by atoms with Crippen LogP contribution in [0.1, 0.15) is 81.1 Å². The van der Waals surface area contributed by atoms with Crippen molar-refractivity contribution < 1.29 is 0 Å². The molecule has 0 fully saturated rings. The van der Waals surface area contributed by atoms with Crippen LogP contribution in [-0.4, -0.2) is 8.07 Å². The van der Waals surface area contributed by atoms with Crippen molar-refractivity contribution in [1.29, 1.82) is 0 Å². The van der Waals surface area contributed by atoms with E-state index < -0.39 is 8.07 Å². The van der Waals surface area contributed by atoms with Gasteiger partial charge in [-0.2, -0.15) is 0 Å². The van der Waals surface area contributed by atoms with Crippen molar-refractivity contribution in [2.24, 2.45) is 0 Å². The molecule has 0 radical (unpaired) electrons. The first kappa shape index (κ1) is 22.8. The molecule has 0 aliphatic carbocycles. The van der Waals surface area contributed by atoms with E-state index in [9.17, 15) is 0 Å². The highest BCUT2D eigenvalue weighted by atomic mass is 28.3. The summed E-state index contributed by atoms with van der Waals surface area (Å²) < 4.78 is 0. The summed E-state index contributed by atoms with van der Waals surface area (Å²) in [5, 5.41) is 2.29. The van der Waals surface area contributed by atoms with Crippen LogP contribution in [0, 0.1) is 11.8 Å². The molecule has 0 amide bonds. The van der Waals surface area contributed by atoms with E-state index in [-0.39, 0.29) is 0 Å². The summed E-state index contributed by atoms with van der Waals surface area (Å²) in [5.41, 5.74) is 1.53. The second-order valence-electron chi connectivity index (χ2n) is 9.64. The SMILES string of the molecule is CC#CCC/C=C(\C)CCC[Si](c1ccccc1)(C(C)(C)C)C(C)(C)C. The zero-order valence-corrected chi connectivity index (χ0v) is 19.5. The van der Waals surface area contributed by atoms with E-state index in [2.05, 4.69) is 96.7 Å². The molecule has 0 bridgehead atoms. The summed E-state index contributed by atoms with van der Waals surface area (Å²) in [6.45, 7) is 19.1. The Hall–Kier alpha value is -1.26. The molecular formula is C25H40Si. The van der Waals surface area contributed by atoms with Crippen molar-refractivity contribution in [1.82, 2.24) is 0 Å². The number of unbranched alkanes of at least 4 members (excludes halogenated alkanes) is 1. The van der Waals surface area contributed by atoms with Gasteiger partial charge in [-0.25, -0.2) is 0 Å². The van der Waals surface area contributed by atoms with Gasteiger partial charge in [-0.05, 0) is 36.8 Å². The van der Waals surface area contributed by atoms with E-state index in [1.165, 1.54) is 24.5 Å². The molecule has 0 aliphatic rings. The summed E-state index contributed by atoms with van der Waals surface area (Å²) in [6.07, 6.45) is 6.97. The summed E-state index contributed by atoms with van der Waals surface area (Å²) in [6, 6.07) is 12.8. The normalized spacial score (nSPS) is 13.3. The van der Waals surface area contributed by atoms with E-state index >= 15 is 0 Å². The first-order valence-electron chi connectivity index (χ1n) is 10.2. The molecule has 0 aliphatic heterocycles. The molecule has 144 valence electrons. The van der Waals surface area contributed by atoms with E-state index in [1.54, 1.807) is 5.19 Å². The molecule has 0 saturated heterocycles. The van der Waals surface area contributed by atoms with Crippen molar-refractivity contribution in [2.45, 2.75) is 97.2 Å². The van der Waals surface area contributed by atoms with Gasteiger partial charge in [-0.15, -0.1) is 11.8 Å². The number of allylic oxidation sites excluding steroid dienone is 2. The van der Waals surface area contributed by atoms with Crippen LogP contribution in [0.15, 0.2) is 42.0 Å². The van der Waals surface area contributed by atoms with E-state index in [4.69, 9.17) is 0 Å². The second-order valence-corrected chi connectivity index (χ2v) is 15.5. The standard InChI is InChI=1S/C25H40Si/c1-9-10-11-13-17-22(2)18-16-21-26(24(3,4)5,25(6,7)8)23-19-14-12-15-20-23/h12,14-15,17,19-20H,11,13,16,18,21H2,1-8H3/b22-17+.